The molecule has 0 saturated carbocycles. The Morgan fingerprint density at radius 1 is 1.39 bits per heavy atom. The van der Waals surface area contributed by atoms with Crippen LogP contribution in [0, 0.1) is 5.82 Å². The molecular formula is C15H19ClFN3O3. The Balaban J connectivity index is 0.00000192. The standard InChI is InChI=1S/C15H18FN3O3.ClH/c16-11-3-1-4-12(7-11)21-10-14-18-15(22-19-14)9-17-8-13-5-2-6-20-13;/h1,3-4,7,13,17H,2,5-6,8-10H2;1H. The number of halogens is 2. The van der Waals surface area contributed by atoms with E-state index in [1.807, 2.05) is 0 Å². The highest BCUT2D eigenvalue weighted by atomic mass is 35.5. The highest BCUT2D eigenvalue weighted by molar-refractivity contribution is 5.85. The number of benzene rings is 1. The molecule has 3 rings (SSSR count). The summed E-state index contributed by atoms with van der Waals surface area (Å²) < 4.78 is 29.1. The van der Waals surface area contributed by atoms with E-state index in [-0.39, 0.29) is 30.9 Å². The molecule has 1 unspecified atom stereocenters. The number of nitrogens with zero attached hydrogens (tertiary/aromatic N) is 2. The van der Waals surface area contributed by atoms with Crippen LogP contribution < -0.4 is 10.1 Å². The van der Waals surface area contributed by atoms with E-state index in [0.717, 1.165) is 26.0 Å². The van der Waals surface area contributed by atoms with Gasteiger partial charge in [0.2, 0.25) is 11.7 Å². The van der Waals surface area contributed by atoms with Gasteiger partial charge in [0.15, 0.2) is 6.61 Å². The van der Waals surface area contributed by atoms with Gasteiger partial charge in [-0.1, -0.05) is 11.2 Å². The van der Waals surface area contributed by atoms with Crippen molar-refractivity contribution in [2.75, 3.05) is 13.2 Å². The lowest BCUT2D eigenvalue weighted by Crippen LogP contribution is -2.25. The summed E-state index contributed by atoms with van der Waals surface area (Å²) in [5, 5.41) is 7.05. The molecular weight excluding hydrogens is 325 g/mol. The van der Waals surface area contributed by atoms with E-state index >= 15 is 0 Å². The van der Waals surface area contributed by atoms with Gasteiger partial charge in [0.25, 0.3) is 0 Å². The molecule has 1 saturated heterocycles. The zero-order valence-corrected chi connectivity index (χ0v) is 13.4. The molecule has 0 radical (unpaired) electrons. The maximum Gasteiger partial charge on any atom is 0.240 e. The molecule has 0 aliphatic carbocycles. The molecule has 8 heteroatoms. The summed E-state index contributed by atoms with van der Waals surface area (Å²) in [4.78, 5) is 4.21. The number of aromatic nitrogens is 2. The molecule has 1 aliphatic heterocycles. The molecule has 1 aromatic carbocycles. The summed E-state index contributed by atoms with van der Waals surface area (Å²) in [6, 6.07) is 5.93. The second-order valence-electron chi connectivity index (χ2n) is 5.12. The molecule has 1 atom stereocenters. The number of rotatable bonds is 7. The molecule has 0 spiro atoms. The van der Waals surface area contributed by atoms with Gasteiger partial charge in [-0.2, -0.15) is 4.98 Å². The molecule has 0 amide bonds. The average Bonchev–Trinajstić information content (AvgIpc) is 3.17. The van der Waals surface area contributed by atoms with Crippen LogP contribution in [0.5, 0.6) is 5.75 Å². The Kier molecular flexibility index (Phi) is 6.76. The summed E-state index contributed by atoms with van der Waals surface area (Å²) in [7, 11) is 0. The van der Waals surface area contributed by atoms with E-state index in [4.69, 9.17) is 14.0 Å². The first-order valence-corrected chi connectivity index (χ1v) is 7.32. The SMILES string of the molecule is Cl.Fc1cccc(OCc2noc(CNCC3CCCO3)n2)c1. The third kappa shape index (κ3) is 5.46. The van der Waals surface area contributed by atoms with Gasteiger partial charge in [0.05, 0.1) is 12.6 Å². The van der Waals surface area contributed by atoms with Crippen LogP contribution in [0.3, 0.4) is 0 Å². The maximum atomic E-state index is 13.0. The second kappa shape index (κ2) is 8.81. The van der Waals surface area contributed by atoms with Crippen LogP contribution in [0.25, 0.3) is 0 Å². The Bertz CT molecular complexity index is 605. The monoisotopic (exact) mass is 343 g/mol. The van der Waals surface area contributed by atoms with Crippen molar-refractivity contribution in [1.29, 1.82) is 0 Å². The van der Waals surface area contributed by atoms with Crippen LogP contribution >= 0.6 is 12.4 Å². The minimum absolute atomic E-state index is 0. The fourth-order valence-corrected chi connectivity index (χ4v) is 2.27. The van der Waals surface area contributed by atoms with E-state index in [1.54, 1.807) is 12.1 Å². The van der Waals surface area contributed by atoms with Crippen LogP contribution in [0.1, 0.15) is 24.6 Å². The lowest BCUT2D eigenvalue weighted by molar-refractivity contribution is 0.109. The van der Waals surface area contributed by atoms with E-state index in [1.165, 1.54) is 12.1 Å². The normalized spacial score (nSPS) is 17.0. The third-order valence-electron chi connectivity index (χ3n) is 3.35. The minimum atomic E-state index is -0.343. The molecule has 2 heterocycles. The van der Waals surface area contributed by atoms with E-state index in [0.29, 0.717) is 24.0 Å². The number of ether oxygens (including phenoxy) is 2. The number of nitrogens with one attached hydrogen (secondary N) is 1. The first-order chi connectivity index (χ1) is 10.8. The van der Waals surface area contributed by atoms with Gasteiger partial charge in [-0.05, 0) is 25.0 Å². The zero-order chi connectivity index (χ0) is 15.2. The van der Waals surface area contributed by atoms with Gasteiger partial charge in [0, 0.05) is 19.2 Å². The molecule has 1 N–H and O–H groups in total. The average molecular weight is 344 g/mol. The fraction of sp³-hybridized carbons (Fsp3) is 0.467. The molecule has 1 aromatic heterocycles. The molecule has 23 heavy (non-hydrogen) atoms. The highest BCUT2D eigenvalue weighted by Gasteiger charge is 2.15. The third-order valence-corrected chi connectivity index (χ3v) is 3.35. The largest absolute Gasteiger partial charge is 0.485 e. The number of hydrogen-bond donors (Lipinski definition) is 1. The molecule has 2 aromatic rings. The van der Waals surface area contributed by atoms with Crippen LogP contribution in [0.15, 0.2) is 28.8 Å². The van der Waals surface area contributed by atoms with Gasteiger partial charge in [-0.3, -0.25) is 0 Å². The Labute approximate surface area is 139 Å². The van der Waals surface area contributed by atoms with E-state index < -0.39 is 0 Å². The van der Waals surface area contributed by atoms with Gasteiger partial charge >= 0.3 is 0 Å². The first kappa shape index (κ1) is 17.7. The Hall–Kier alpha value is -1.70. The molecule has 6 nitrogen and oxygen atoms in total. The van der Waals surface area contributed by atoms with Crippen molar-refractivity contribution in [2.24, 2.45) is 0 Å². The van der Waals surface area contributed by atoms with E-state index in [9.17, 15) is 4.39 Å². The van der Waals surface area contributed by atoms with Crippen molar-refractivity contribution in [3.63, 3.8) is 0 Å². The lowest BCUT2D eigenvalue weighted by Gasteiger charge is -2.08. The van der Waals surface area contributed by atoms with Gasteiger partial charge in [-0.15, -0.1) is 12.4 Å². The lowest BCUT2D eigenvalue weighted by atomic mass is 10.2. The molecule has 1 aliphatic rings. The van der Waals surface area contributed by atoms with Gasteiger partial charge in [0.1, 0.15) is 11.6 Å². The van der Waals surface area contributed by atoms with Crippen LogP contribution in [0.4, 0.5) is 4.39 Å². The second-order valence-corrected chi connectivity index (χ2v) is 5.12. The van der Waals surface area contributed by atoms with E-state index in [2.05, 4.69) is 15.5 Å². The van der Waals surface area contributed by atoms with Crippen molar-refractivity contribution in [3.8, 4) is 5.75 Å². The van der Waals surface area contributed by atoms with Crippen molar-refractivity contribution in [3.05, 3.63) is 41.8 Å². The van der Waals surface area contributed by atoms with Crippen LogP contribution in [0.2, 0.25) is 0 Å². The quantitative estimate of drug-likeness (QED) is 0.833. The van der Waals surface area contributed by atoms with Crippen molar-refractivity contribution >= 4 is 12.4 Å². The smallest absolute Gasteiger partial charge is 0.240 e. The summed E-state index contributed by atoms with van der Waals surface area (Å²) in [5.41, 5.74) is 0. The van der Waals surface area contributed by atoms with Crippen LogP contribution in [-0.2, 0) is 17.9 Å². The Morgan fingerprint density at radius 3 is 3.09 bits per heavy atom. The van der Waals surface area contributed by atoms with Gasteiger partial charge in [-0.25, -0.2) is 4.39 Å². The van der Waals surface area contributed by atoms with Crippen LogP contribution in [-0.4, -0.2) is 29.4 Å². The summed E-state index contributed by atoms with van der Waals surface area (Å²) in [6.07, 6.45) is 2.48. The summed E-state index contributed by atoms with van der Waals surface area (Å²) in [6.45, 7) is 2.25. The molecule has 126 valence electrons. The predicted molar refractivity (Wildman–Crippen MR) is 83.0 cm³/mol. The molecule has 1 fully saturated rings. The fourth-order valence-electron chi connectivity index (χ4n) is 2.27. The first-order valence-electron chi connectivity index (χ1n) is 7.32. The van der Waals surface area contributed by atoms with Crippen molar-refractivity contribution < 1.29 is 18.4 Å². The van der Waals surface area contributed by atoms with Gasteiger partial charge < -0.3 is 19.3 Å². The van der Waals surface area contributed by atoms with Crippen molar-refractivity contribution in [1.82, 2.24) is 15.5 Å². The zero-order valence-electron chi connectivity index (χ0n) is 12.5. The minimum Gasteiger partial charge on any atom is -0.485 e. The Morgan fingerprint density at radius 2 is 2.30 bits per heavy atom. The summed E-state index contributed by atoms with van der Waals surface area (Å²) >= 11 is 0. The molecule has 0 bridgehead atoms. The topological polar surface area (TPSA) is 69.4 Å². The van der Waals surface area contributed by atoms with Crippen molar-refractivity contribution in [2.45, 2.75) is 32.1 Å². The highest BCUT2D eigenvalue weighted by Crippen LogP contribution is 2.13. The number of hydrogen-bond acceptors (Lipinski definition) is 6. The maximum absolute atomic E-state index is 13.0. The summed E-state index contributed by atoms with van der Waals surface area (Å²) in [5.74, 6) is 1.02. The predicted octanol–water partition coefficient (Wildman–Crippen LogP) is 2.48.